The molecule has 0 radical (unpaired) electrons. The molecule has 6 heteroatoms. The van der Waals surface area contributed by atoms with Gasteiger partial charge in [-0.3, -0.25) is 4.99 Å². The summed E-state index contributed by atoms with van der Waals surface area (Å²) in [6.07, 6.45) is 3.28. The van der Waals surface area contributed by atoms with Crippen LogP contribution in [0.5, 0.6) is 0 Å². The second-order valence-corrected chi connectivity index (χ2v) is 5.45. The van der Waals surface area contributed by atoms with Gasteiger partial charge < -0.3 is 11.1 Å². The number of nitrogens with two attached hydrogens (primary N) is 1. The smallest absolute Gasteiger partial charge is 0.194 e. The van der Waals surface area contributed by atoms with Crippen LogP contribution in [0.4, 0.5) is 14.6 Å². The molecule has 1 saturated carbocycles. The first kappa shape index (κ1) is 14.4. The number of nitrogens with one attached hydrogen (secondary N) is 1. The van der Waals surface area contributed by atoms with Crippen molar-refractivity contribution in [2.45, 2.75) is 18.3 Å². The summed E-state index contributed by atoms with van der Waals surface area (Å²) < 4.78 is 26.9. The van der Waals surface area contributed by atoms with Crippen LogP contribution >= 0.6 is 0 Å². The molecule has 1 aliphatic carbocycles. The standard InChI is InChI=1S/C16H16F2N4/c17-11-4-5-12(13(18)9-11)16(6-7-16)10-21-15(19)22-14-3-1-2-8-20-14/h1-5,8-9H,6-7,10H2,(H3,19,20,21,22). The maximum absolute atomic E-state index is 13.9. The minimum atomic E-state index is -0.572. The van der Waals surface area contributed by atoms with Gasteiger partial charge in [-0.2, -0.15) is 0 Å². The van der Waals surface area contributed by atoms with Crippen LogP contribution in [0.15, 0.2) is 47.6 Å². The van der Waals surface area contributed by atoms with Crippen LogP contribution in [0.3, 0.4) is 0 Å². The Balaban J connectivity index is 1.71. The van der Waals surface area contributed by atoms with E-state index in [2.05, 4.69) is 15.3 Å². The van der Waals surface area contributed by atoms with Crippen molar-refractivity contribution in [3.8, 4) is 0 Å². The third-order valence-corrected chi connectivity index (χ3v) is 3.83. The summed E-state index contributed by atoms with van der Waals surface area (Å²) >= 11 is 0. The van der Waals surface area contributed by atoms with Gasteiger partial charge in [0.05, 0.1) is 6.54 Å². The average Bonchev–Trinajstić information content (AvgIpc) is 3.27. The van der Waals surface area contributed by atoms with E-state index in [1.165, 1.54) is 12.1 Å². The van der Waals surface area contributed by atoms with Gasteiger partial charge in [-0.1, -0.05) is 12.1 Å². The lowest BCUT2D eigenvalue weighted by Gasteiger charge is -2.14. The molecule has 0 amide bonds. The number of hydrogen-bond donors (Lipinski definition) is 2. The number of guanidine groups is 1. The van der Waals surface area contributed by atoms with E-state index in [0.29, 0.717) is 17.9 Å². The Labute approximate surface area is 127 Å². The zero-order chi connectivity index (χ0) is 15.6. The summed E-state index contributed by atoms with van der Waals surface area (Å²) in [5, 5.41) is 2.88. The number of hydrogen-bond acceptors (Lipinski definition) is 2. The van der Waals surface area contributed by atoms with Crippen LogP contribution in [0.2, 0.25) is 0 Å². The number of benzene rings is 1. The molecular weight excluding hydrogens is 286 g/mol. The SMILES string of the molecule is NC(=NCC1(c2ccc(F)cc2F)CC1)Nc1ccccn1. The van der Waals surface area contributed by atoms with Crippen molar-refractivity contribution >= 4 is 11.8 Å². The maximum Gasteiger partial charge on any atom is 0.194 e. The largest absolute Gasteiger partial charge is 0.370 e. The molecule has 2 aromatic rings. The predicted molar refractivity (Wildman–Crippen MR) is 81.6 cm³/mol. The molecule has 1 heterocycles. The fourth-order valence-electron chi connectivity index (χ4n) is 2.43. The third kappa shape index (κ3) is 3.05. The van der Waals surface area contributed by atoms with Gasteiger partial charge in [0.25, 0.3) is 0 Å². The second-order valence-electron chi connectivity index (χ2n) is 5.45. The van der Waals surface area contributed by atoms with E-state index in [9.17, 15) is 8.78 Å². The van der Waals surface area contributed by atoms with Crippen LogP contribution < -0.4 is 11.1 Å². The highest BCUT2D eigenvalue weighted by Crippen LogP contribution is 2.49. The van der Waals surface area contributed by atoms with Gasteiger partial charge in [0.1, 0.15) is 17.5 Å². The Bertz CT molecular complexity index is 697. The van der Waals surface area contributed by atoms with Gasteiger partial charge in [-0.05, 0) is 36.6 Å². The number of nitrogens with zero attached hydrogens (tertiary/aromatic N) is 2. The lowest BCUT2D eigenvalue weighted by Crippen LogP contribution is -2.25. The Morgan fingerprint density at radius 2 is 2.09 bits per heavy atom. The molecule has 3 N–H and O–H groups in total. The van der Waals surface area contributed by atoms with Crippen molar-refractivity contribution in [3.05, 3.63) is 59.8 Å². The molecule has 114 valence electrons. The molecular formula is C16H16F2N4. The quantitative estimate of drug-likeness (QED) is 0.674. The number of aromatic nitrogens is 1. The molecule has 0 unspecified atom stereocenters. The van der Waals surface area contributed by atoms with Crippen molar-refractivity contribution in [2.24, 2.45) is 10.7 Å². The zero-order valence-electron chi connectivity index (χ0n) is 11.9. The summed E-state index contributed by atoms with van der Waals surface area (Å²) in [4.78, 5) is 8.36. The molecule has 1 aromatic carbocycles. The first-order valence-corrected chi connectivity index (χ1v) is 7.03. The Morgan fingerprint density at radius 3 is 2.73 bits per heavy atom. The second kappa shape index (κ2) is 5.71. The Morgan fingerprint density at radius 1 is 1.27 bits per heavy atom. The third-order valence-electron chi connectivity index (χ3n) is 3.83. The van der Waals surface area contributed by atoms with Crippen molar-refractivity contribution in [2.75, 3.05) is 11.9 Å². The molecule has 0 bridgehead atoms. The van der Waals surface area contributed by atoms with Crippen molar-refractivity contribution in [1.29, 1.82) is 0 Å². The zero-order valence-corrected chi connectivity index (χ0v) is 11.9. The maximum atomic E-state index is 13.9. The summed E-state index contributed by atoms with van der Waals surface area (Å²) in [5.74, 6) is -0.269. The van der Waals surface area contributed by atoms with Gasteiger partial charge in [-0.15, -0.1) is 0 Å². The average molecular weight is 302 g/mol. The van der Waals surface area contributed by atoms with E-state index in [1.807, 2.05) is 6.07 Å². The summed E-state index contributed by atoms with van der Waals surface area (Å²) in [6.45, 7) is 0.362. The predicted octanol–water partition coefficient (Wildman–Crippen LogP) is 2.82. The van der Waals surface area contributed by atoms with Crippen LogP contribution in [0.25, 0.3) is 0 Å². The number of rotatable bonds is 4. The van der Waals surface area contributed by atoms with Crippen LogP contribution in [-0.4, -0.2) is 17.5 Å². The molecule has 0 atom stereocenters. The van der Waals surface area contributed by atoms with Crippen LogP contribution in [0.1, 0.15) is 18.4 Å². The molecule has 1 fully saturated rings. The summed E-state index contributed by atoms with van der Waals surface area (Å²) in [5.41, 5.74) is 5.96. The van der Waals surface area contributed by atoms with Crippen LogP contribution in [-0.2, 0) is 5.41 Å². The normalized spacial score (nSPS) is 16.4. The summed E-state index contributed by atoms with van der Waals surface area (Å²) in [7, 11) is 0. The molecule has 1 aliphatic rings. The highest BCUT2D eigenvalue weighted by atomic mass is 19.1. The molecule has 3 rings (SSSR count). The monoisotopic (exact) mass is 302 g/mol. The number of anilines is 1. The minimum absolute atomic E-state index is 0.229. The van der Waals surface area contributed by atoms with E-state index in [4.69, 9.17) is 5.73 Å². The Kier molecular flexibility index (Phi) is 3.75. The van der Waals surface area contributed by atoms with E-state index in [-0.39, 0.29) is 11.4 Å². The molecule has 1 aromatic heterocycles. The van der Waals surface area contributed by atoms with Gasteiger partial charge in [0.2, 0.25) is 0 Å². The first-order valence-electron chi connectivity index (χ1n) is 7.03. The van der Waals surface area contributed by atoms with E-state index < -0.39 is 11.6 Å². The fourth-order valence-corrected chi connectivity index (χ4v) is 2.43. The molecule has 0 aliphatic heterocycles. The lowest BCUT2D eigenvalue weighted by molar-refractivity contribution is 0.549. The topological polar surface area (TPSA) is 63.3 Å². The molecule has 22 heavy (non-hydrogen) atoms. The minimum Gasteiger partial charge on any atom is -0.370 e. The number of aliphatic imine (C=N–C) groups is 1. The number of halogens is 2. The van der Waals surface area contributed by atoms with Crippen molar-refractivity contribution in [1.82, 2.24) is 4.98 Å². The molecule has 4 nitrogen and oxygen atoms in total. The summed E-state index contributed by atoms with van der Waals surface area (Å²) in [6, 6.07) is 9.09. The lowest BCUT2D eigenvalue weighted by atomic mass is 9.95. The van der Waals surface area contributed by atoms with Crippen molar-refractivity contribution in [3.63, 3.8) is 0 Å². The van der Waals surface area contributed by atoms with Gasteiger partial charge in [0.15, 0.2) is 5.96 Å². The van der Waals surface area contributed by atoms with E-state index >= 15 is 0 Å². The van der Waals surface area contributed by atoms with Gasteiger partial charge in [-0.25, -0.2) is 13.8 Å². The first-order chi connectivity index (χ1) is 10.6. The van der Waals surface area contributed by atoms with Gasteiger partial charge >= 0.3 is 0 Å². The number of pyridine rings is 1. The Hall–Kier alpha value is -2.50. The van der Waals surface area contributed by atoms with Crippen LogP contribution in [0, 0.1) is 11.6 Å². The highest BCUT2D eigenvalue weighted by Gasteiger charge is 2.46. The van der Waals surface area contributed by atoms with Gasteiger partial charge in [0, 0.05) is 17.7 Å². The van der Waals surface area contributed by atoms with E-state index in [0.717, 1.165) is 18.9 Å². The van der Waals surface area contributed by atoms with Crippen molar-refractivity contribution < 1.29 is 8.78 Å². The van der Waals surface area contributed by atoms with E-state index in [1.54, 1.807) is 18.3 Å². The fraction of sp³-hybridized carbons (Fsp3) is 0.250. The molecule has 0 spiro atoms. The molecule has 0 saturated heterocycles. The highest BCUT2D eigenvalue weighted by molar-refractivity contribution is 5.91.